The fourth-order valence-corrected chi connectivity index (χ4v) is 3.89. The van der Waals surface area contributed by atoms with Crippen molar-refractivity contribution >= 4 is 29.4 Å². The van der Waals surface area contributed by atoms with Gasteiger partial charge in [0, 0.05) is 13.6 Å². The average Bonchev–Trinajstić information content (AvgIpc) is 3.33. The maximum Gasteiger partial charge on any atom is 0.289 e. The Labute approximate surface area is 181 Å². The van der Waals surface area contributed by atoms with Crippen LogP contribution in [-0.2, 0) is 4.79 Å². The Morgan fingerprint density at radius 2 is 1.97 bits per heavy atom. The molecular weight excluding hydrogens is 396 g/mol. The number of nitrogens with zero attached hydrogens (tertiary/aromatic N) is 3. The molecule has 156 valence electrons. The van der Waals surface area contributed by atoms with Gasteiger partial charge in [0.2, 0.25) is 11.7 Å². The molecule has 6 nitrogen and oxygen atoms in total. The maximum atomic E-state index is 13.0. The molecule has 1 unspecified atom stereocenters. The van der Waals surface area contributed by atoms with Crippen LogP contribution in [-0.4, -0.2) is 35.2 Å². The molecule has 1 atom stereocenters. The van der Waals surface area contributed by atoms with Gasteiger partial charge in [0.25, 0.3) is 5.91 Å². The first kappa shape index (κ1) is 21.6. The second-order valence-corrected chi connectivity index (χ2v) is 7.50. The third-order valence-electron chi connectivity index (χ3n) is 4.56. The van der Waals surface area contributed by atoms with Crippen molar-refractivity contribution in [1.29, 1.82) is 0 Å². The number of aliphatic imine (C=N–C) groups is 1. The fourth-order valence-electron chi connectivity index (χ4n) is 3.09. The molecule has 0 radical (unpaired) electrons. The van der Waals surface area contributed by atoms with Crippen LogP contribution in [0.4, 0.5) is 5.69 Å². The van der Waals surface area contributed by atoms with Gasteiger partial charge in [0.15, 0.2) is 0 Å². The van der Waals surface area contributed by atoms with Crippen LogP contribution < -0.4 is 4.72 Å². The Kier molecular flexibility index (Phi) is 7.30. The molecule has 2 aromatic carbocycles. The van der Waals surface area contributed by atoms with Gasteiger partial charge in [-0.1, -0.05) is 50.2 Å². The number of aromatic nitrogens is 1. The highest BCUT2D eigenvalue weighted by molar-refractivity contribution is 7.98. The van der Waals surface area contributed by atoms with E-state index in [-0.39, 0.29) is 11.8 Å². The second kappa shape index (κ2) is 10.1. The van der Waals surface area contributed by atoms with Gasteiger partial charge in [-0.05, 0) is 42.1 Å². The summed E-state index contributed by atoms with van der Waals surface area (Å²) in [5.74, 6) is 0.575. The molecule has 1 aliphatic heterocycles. The van der Waals surface area contributed by atoms with Crippen LogP contribution >= 0.6 is 11.9 Å². The van der Waals surface area contributed by atoms with Crippen LogP contribution in [0, 0.1) is 6.92 Å². The molecule has 2 heterocycles. The zero-order valence-electron chi connectivity index (χ0n) is 17.6. The van der Waals surface area contributed by atoms with Crippen LogP contribution in [0.3, 0.4) is 0 Å². The van der Waals surface area contributed by atoms with Crippen molar-refractivity contribution in [1.82, 2.24) is 14.6 Å². The number of nitrogens with one attached hydrogen (secondary N) is 1. The number of likely N-dealkylation sites (N-methyl/N-ethyl adjacent to an activating group) is 1. The summed E-state index contributed by atoms with van der Waals surface area (Å²) in [4.78, 5) is 24.4. The quantitative estimate of drug-likeness (QED) is 0.590. The molecule has 0 aliphatic carbocycles. The van der Waals surface area contributed by atoms with E-state index in [4.69, 9.17) is 4.42 Å². The maximum absolute atomic E-state index is 13.0. The summed E-state index contributed by atoms with van der Waals surface area (Å²) >= 11 is 1.41. The lowest BCUT2D eigenvalue weighted by Gasteiger charge is -2.25. The summed E-state index contributed by atoms with van der Waals surface area (Å²) in [6, 6.07) is 15.9. The van der Waals surface area contributed by atoms with E-state index >= 15 is 0 Å². The number of amides is 1. The van der Waals surface area contributed by atoms with Gasteiger partial charge in [-0.2, -0.15) is 0 Å². The molecule has 3 aromatic rings. The van der Waals surface area contributed by atoms with Crippen molar-refractivity contribution < 1.29 is 9.21 Å². The molecule has 0 saturated heterocycles. The third kappa shape index (κ3) is 4.91. The molecule has 4 rings (SSSR count). The highest BCUT2D eigenvalue weighted by Gasteiger charge is 2.26. The summed E-state index contributed by atoms with van der Waals surface area (Å²) in [7, 11) is 1.76. The van der Waals surface area contributed by atoms with Crippen molar-refractivity contribution in [3.63, 3.8) is 0 Å². The molecule has 7 heteroatoms. The lowest BCUT2D eigenvalue weighted by molar-refractivity contribution is -0.123. The summed E-state index contributed by atoms with van der Waals surface area (Å²) in [6.07, 6.45) is 3.17. The number of oxazole rings is 1. The molecule has 0 fully saturated rings. The van der Waals surface area contributed by atoms with Gasteiger partial charge < -0.3 is 14.0 Å². The molecule has 30 heavy (non-hydrogen) atoms. The van der Waals surface area contributed by atoms with E-state index in [1.165, 1.54) is 11.9 Å². The van der Waals surface area contributed by atoms with Crippen molar-refractivity contribution in [3.8, 4) is 0 Å². The standard InChI is InChI=1S/C21H20N4O2S.C2H6/c1-14-8-9-17-18(12-14)28-24-19(23-17)21(26)25(2)13-16(20-22-10-11-27-20)15-6-4-3-5-7-15;1-2/h3-12,16H,13H2,1-2H3,(H,23,24);1-2H3. The minimum absolute atomic E-state index is 0.156. The van der Waals surface area contributed by atoms with E-state index in [0.717, 1.165) is 21.7 Å². The van der Waals surface area contributed by atoms with Gasteiger partial charge in [0.05, 0.1) is 22.7 Å². The fraction of sp³-hybridized carbons (Fsp3) is 0.261. The number of rotatable bonds is 5. The SMILES string of the molecule is CC.Cc1ccc2c(c1)SNC(C(=O)N(C)CC(c1ccccc1)c1ncco1)=N2. The number of carbonyl (C=O) groups excluding carboxylic acids is 1. The third-order valence-corrected chi connectivity index (χ3v) is 5.40. The minimum atomic E-state index is -0.175. The first-order valence-corrected chi connectivity index (χ1v) is 10.8. The monoisotopic (exact) mass is 422 g/mol. The van der Waals surface area contributed by atoms with Crippen molar-refractivity contribution in [2.45, 2.75) is 31.6 Å². The van der Waals surface area contributed by atoms with Gasteiger partial charge in [-0.3, -0.25) is 4.79 Å². The van der Waals surface area contributed by atoms with E-state index in [1.807, 2.05) is 63.2 Å². The van der Waals surface area contributed by atoms with E-state index in [0.29, 0.717) is 18.3 Å². The van der Waals surface area contributed by atoms with Crippen LogP contribution in [0.1, 0.15) is 36.8 Å². The van der Waals surface area contributed by atoms with Crippen molar-refractivity contribution in [2.75, 3.05) is 13.6 Å². The lowest BCUT2D eigenvalue weighted by Crippen LogP contribution is -2.41. The molecule has 1 aromatic heterocycles. The molecule has 0 bridgehead atoms. The van der Waals surface area contributed by atoms with E-state index < -0.39 is 0 Å². The largest absolute Gasteiger partial charge is 0.448 e. The summed E-state index contributed by atoms with van der Waals surface area (Å²) in [5, 5.41) is 0. The lowest BCUT2D eigenvalue weighted by atomic mass is 9.98. The van der Waals surface area contributed by atoms with Gasteiger partial charge >= 0.3 is 0 Å². The van der Waals surface area contributed by atoms with Crippen molar-refractivity contribution in [3.05, 3.63) is 78.0 Å². The summed E-state index contributed by atoms with van der Waals surface area (Å²) in [5.41, 5.74) is 3.00. The van der Waals surface area contributed by atoms with E-state index in [2.05, 4.69) is 20.8 Å². The predicted octanol–water partition coefficient (Wildman–Crippen LogP) is 4.94. The highest BCUT2D eigenvalue weighted by Crippen LogP contribution is 2.32. The molecule has 0 saturated carbocycles. The number of benzene rings is 2. The van der Waals surface area contributed by atoms with Crippen LogP contribution in [0.25, 0.3) is 0 Å². The number of carbonyl (C=O) groups is 1. The topological polar surface area (TPSA) is 70.7 Å². The Morgan fingerprint density at radius 1 is 1.20 bits per heavy atom. The Balaban J connectivity index is 0.00000124. The van der Waals surface area contributed by atoms with Crippen LogP contribution in [0.2, 0.25) is 0 Å². The minimum Gasteiger partial charge on any atom is -0.448 e. The van der Waals surface area contributed by atoms with Gasteiger partial charge in [0.1, 0.15) is 6.26 Å². The molecule has 1 N–H and O–H groups in total. The molecule has 0 spiro atoms. The Bertz CT molecular complexity index is 1000. The predicted molar refractivity (Wildman–Crippen MR) is 121 cm³/mol. The number of fused-ring (bicyclic) bond motifs is 1. The first-order chi connectivity index (χ1) is 14.6. The molecular formula is C23H26N4O2S. The summed E-state index contributed by atoms with van der Waals surface area (Å²) < 4.78 is 8.60. The molecule has 1 amide bonds. The first-order valence-electron chi connectivity index (χ1n) is 9.94. The number of hydrogen-bond acceptors (Lipinski definition) is 6. The van der Waals surface area contributed by atoms with Gasteiger partial charge in [-0.15, -0.1) is 0 Å². The Hall–Kier alpha value is -3.06. The number of hydrogen-bond donors (Lipinski definition) is 1. The second-order valence-electron chi connectivity index (χ2n) is 6.66. The van der Waals surface area contributed by atoms with Crippen LogP contribution in [0.15, 0.2) is 75.3 Å². The van der Waals surface area contributed by atoms with Crippen molar-refractivity contribution in [2.24, 2.45) is 4.99 Å². The average molecular weight is 423 g/mol. The zero-order valence-corrected chi connectivity index (χ0v) is 18.4. The van der Waals surface area contributed by atoms with E-state index in [1.54, 1.807) is 24.4 Å². The number of aryl methyl sites for hydroxylation is 1. The normalized spacial score (nSPS) is 13.1. The zero-order chi connectivity index (χ0) is 21.5. The van der Waals surface area contributed by atoms with E-state index in [9.17, 15) is 4.79 Å². The summed E-state index contributed by atoms with van der Waals surface area (Å²) in [6.45, 7) is 6.46. The molecule has 1 aliphatic rings. The van der Waals surface area contributed by atoms with Crippen LogP contribution in [0.5, 0.6) is 0 Å². The smallest absolute Gasteiger partial charge is 0.289 e. The Morgan fingerprint density at radius 3 is 2.67 bits per heavy atom. The number of amidine groups is 1. The van der Waals surface area contributed by atoms with Gasteiger partial charge in [-0.25, -0.2) is 9.98 Å². The highest BCUT2D eigenvalue weighted by atomic mass is 32.2.